The number of aromatic nitrogens is 2. The lowest BCUT2D eigenvalue weighted by molar-refractivity contribution is -0.221. The van der Waals surface area contributed by atoms with E-state index in [9.17, 15) is 15.0 Å². The quantitative estimate of drug-likeness (QED) is 0.833. The summed E-state index contributed by atoms with van der Waals surface area (Å²) in [4.78, 5) is 18.7. The minimum Gasteiger partial charge on any atom is -0.388 e. The number of likely N-dealkylation sites (tertiary alicyclic amines) is 1. The number of hydrogen-bond acceptors (Lipinski definition) is 5. The Bertz CT molecular complexity index is 793. The lowest BCUT2D eigenvalue weighted by Crippen LogP contribution is -2.59. The lowest BCUT2D eigenvalue weighted by Gasteiger charge is -2.49. The summed E-state index contributed by atoms with van der Waals surface area (Å²) in [6.07, 6.45) is 6.14. The largest absolute Gasteiger partial charge is 0.388 e. The molecule has 3 heterocycles. The molecular weight excluding hydrogens is 346 g/mol. The number of carbonyl (C=O) groups excluding carboxylic acids is 1. The van der Waals surface area contributed by atoms with Crippen LogP contribution >= 0.6 is 0 Å². The van der Waals surface area contributed by atoms with E-state index in [-0.39, 0.29) is 12.5 Å². The van der Waals surface area contributed by atoms with Crippen LogP contribution in [0.4, 0.5) is 0 Å². The Kier molecular flexibility index (Phi) is 4.53. The first-order valence-corrected chi connectivity index (χ1v) is 9.31. The molecule has 2 saturated heterocycles. The first-order valence-electron chi connectivity index (χ1n) is 9.31. The third-order valence-electron chi connectivity index (χ3n) is 5.82. The van der Waals surface area contributed by atoms with Crippen molar-refractivity contribution in [3.05, 3.63) is 48.5 Å². The molecule has 7 heteroatoms. The molecule has 1 spiro atoms. The molecule has 0 unspecified atom stereocenters. The van der Waals surface area contributed by atoms with Crippen LogP contribution in [0.5, 0.6) is 0 Å². The van der Waals surface area contributed by atoms with Gasteiger partial charge < -0.3 is 24.4 Å². The average molecular weight is 371 g/mol. The normalized spacial score (nSPS) is 27.7. The van der Waals surface area contributed by atoms with Gasteiger partial charge in [0.05, 0.1) is 24.1 Å². The highest BCUT2D eigenvalue weighted by molar-refractivity contribution is 5.94. The Labute approximate surface area is 158 Å². The molecule has 1 aromatic heterocycles. The highest BCUT2D eigenvalue weighted by Gasteiger charge is 2.49. The maximum absolute atomic E-state index is 12.8. The Hall–Kier alpha value is -2.22. The number of aliphatic hydroxyl groups excluding tert-OH is 1. The number of benzene rings is 1. The summed E-state index contributed by atoms with van der Waals surface area (Å²) in [5.41, 5.74) is 0.0121. The van der Waals surface area contributed by atoms with Gasteiger partial charge in [-0.1, -0.05) is 0 Å². The molecule has 0 bridgehead atoms. The first kappa shape index (κ1) is 18.2. The van der Waals surface area contributed by atoms with Crippen molar-refractivity contribution in [1.29, 1.82) is 0 Å². The van der Waals surface area contributed by atoms with Crippen LogP contribution in [0.25, 0.3) is 5.69 Å². The van der Waals surface area contributed by atoms with Gasteiger partial charge in [0.1, 0.15) is 6.10 Å². The molecule has 0 aliphatic carbocycles. The van der Waals surface area contributed by atoms with E-state index in [0.29, 0.717) is 37.9 Å². The van der Waals surface area contributed by atoms with Crippen LogP contribution in [-0.2, 0) is 4.74 Å². The number of carbonyl (C=O) groups is 1. The van der Waals surface area contributed by atoms with Crippen LogP contribution in [0.15, 0.2) is 43.0 Å². The number of rotatable bonds is 2. The minimum absolute atomic E-state index is 0.00429. The highest BCUT2D eigenvalue weighted by Crippen LogP contribution is 2.39. The van der Waals surface area contributed by atoms with Crippen LogP contribution in [-0.4, -0.2) is 67.6 Å². The summed E-state index contributed by atoms with van der Waals surface area (Å²) in [6.45, 7) is 2.94. The Morgan fingerprint density at radius 2 is 1.96 bits per heavy atom. The summed E-state index contributed by atoms with van der Waals surface area (Å²) >= 11 is 0. The Morgan fingerprint density at radius 3 is 2.56 bits per heavy atom. The van der Waals surface area contributed by atoms with Gasteiger partial charge in [0.15, 0.2) is 0 Å². The third kappa shape index (κ3) is 3.50. The van der Waals surface area contributed by atoms with Gasteiger partial charge in [-0.15, -0.1) is 0 Å². The number of aliphatic hydroxyl groups is 2. The molecular formula is C20H25N3O4. The Morgan fingerprint density at radius 1 is 1.26 bits per heavy atom. The van der Waals surface area contributed by atoms with Crippen molar-refractivity contribution in [1.82, 2.24) is 14.5 Å². The predicted octanol–water partition coefficient (Wildman–Crippen LogP) is 1.38. The van der Waals surface area contributed by atoms with Gasteiger partial charge in [0.25, 0.3) is 5.91 Å². The fourth-order valence-corrected chi connectivity index (χ4v) is 4.07. The average Bonchev–Trinajstić information content (AvgIpc) is 3.20. The molecule has 7 nitrogen and oxygen atoms in total. The smallest absolute Gasteiger partial charge is 0.253 e. The van der Waals surface area contributed by atoms with Gasteiger partial charge in [0, 0.05) is 43.2 Å². The van der Waals surface area contributed by atoms with E-state index in [2.05, 4.69) is 4.98 Å². The van der Waals surface area contributed by atoms with E-state index in [1.165, 1.54) is 0 Å². The topological polar surface area (TPSA) is 87.8 Å². The third-order valence-corrected chi connectivity index (χ3v) is 5.82. The summed E-state index contributed by atoms with van der Waals surface area (Å²) in [7, 11) is 0. The molecule has 144 valence electrons. The fourth-order valence-electron chi connectivity index (χ4n) is 4.07. The molecule has 0 radical (unpaired) electrons. The van der Waals surface area contributed by atoms with Gasteiger partial charge in [-0.05, 0) is 44.0 Å². The van der Waals surface area contributed by atoms with Gasteiger partial charge in [-0.25, -0.2) is 4.98 Å². The monoisotopic (exact) mass is 371 g/mol. The Balaban J connectivity index is 1.40. The SMILES string of the molecule is C[C@]1(O)CC2(CCN(C(=O)c3ccc(-n4ccnc4)cc3)CC2)OC[C@@H]1O. The molecule has 2 N–H and O–H groups in total. The maximum atomic E-state index is 12.8. The number of piperidine rings is 1. The lowest BCUT2D eigenvalue weighted by atomic mass is 9.76. The molecule has 2 aromatic rings. The van der Waals surface area contributed by atoms with Gasteiger partial charge >= 0.3 is 0 Å². The molecule has 2 atom stereocenters. The molecule has 0 saturated carbocycles. The van der Waals surface area contributed by atoms with E-state index >= 15 is 0 Å². The number of ether oxygens (including phenoxy) is 1. The van der Waals surface area contributed by atoms with Crippen LogP contribution < -0.4 is 0 Å². The first-order chi connectivity index (χ1) is 12.9. The van der Waals surface area contributed by atoms with Crippen molar-refractivity contribution in [2.75, 3.05) is 19.7 Å². The van der Waals surface area contributed by atoms with Crippen LogP contribution in [0.2, 0.25) is 0 Å². The zero-order chi connectivity index (χ0) is 19.1. The van der Waals surface area contributed by atoms with Crippen molar-refractivity contribution in [2.24, 2.45) is 0 Å². The van der Waals surface area contributed by atoms with Crippen molar-refractivity contribution >= 4 is 5.91 Å². The van der Waals surface area contributed by atoms with Gasteiger partial charge in [-0.2, -0.15) is 0 Å². The van der Waals surface area contributed by atoms with E-state index in [1.54, 1.807) is 19.4 Å². The summed E-state index contributed by atoms with van der Waals surface area (Å²) in [5.74, 6) is 0.00429. The molecule has 2 fully saturated rings. The minimum atomic E-state index is -1.15. The summed E-state index contributed by atoms with van der Waals surface area (Å²) in [6, 6.07) is 7.48. The van der Waals surface area contributed by atoms with Crippen LogP contribution in [0.1, 0.15) is 36.5 Å². The van der Waals surface area contributed by atoms with Crippen LogP contribution in [0.3, 0.4) is 0 Å². The van der Waals surface area contributed by atoms with E-state index in [0.717, 1.165) is 5.69 Å². The second-order valence-electron chi connectivity index (χ2n) is 7.85. The second kappa shape index (κ2) is 6.74. The maximum Gasteiger partial charge on any atom is 0.253 e. The molecule has 1 amide bonds. The molecule has 2 aliphatic rings. The highest BCUT2D eigenvalue weighted by atomic mass is 16.5. The van der Waals surface area contributed by atoms with Crippen molar-refractivity contribution in [2.45, 2.75) is 43.5 Å². The number of imidazole rings is 1. The van der Waals surface area contributed by atoms with Crippen molar-refractivity contribution in [3.8, 4) is 5.69 Å². The van der Waals surface area contributed by atoms with E-state index in [1.807, 2.05) is 39.9 Å². The number of amides is 1. The van der Waals surface area contributed by atoms with Gasteiger partial charge in [0.2, 0.25) is 0 Å². The van der Waals surface area contributed by atoms with E-state index < -0.39 is 17.3 Å². The van der Waals surface area contributed by atoms with Crippen molar-refractivity contribution < 1.29 is 19.7 Å². The second-order valence-corrected chi connectivity index (χ2v) is 7.85. The summed E-state index contributed by atoms with van der Waals surface area (Å²) in [5, 5.41) is 20.3. The number of hydrogen-bond donors (Lipinski definition) is 2. The molecule has 27 heavy (non-hydrogen) atoms. The predicted molar refractivity (Wildman–Crippen MR) is 98.6 cm³/mol. The zero-order valence-electron chi connectivity index (χ0n) is 15.4. The standard InChI is InChI=1S/C20H25N3O4/c1-19(26)13-20(27-12-17(19)24)6-9-22(10-7-20)18(25)15-2-4-16(5-3-15)23-11-8-21-14-23/h2-5,8,11,14,17,24,26H,6-7,9-10,12-13H2,1H3/t17-,19-/m0/s1. The van der Waals surface area contributed by atoms with Gasteiger partial charge in [-0.3, -0.25) is 4.79 Å². The molecule has 1 aromatic carbocycles. The number of nitrogens with zero attached hydrogens (tertiary/aromatic N) is 3. The molecule has 4 rings (SSSR count). The van der Waals surface area contributed by atoms with Crippen molar-refractivity contribution in [3.63, 3.8) is 0 Å². The fraction of sp³-hybridized carbons (Fsp3) is 0.500. The van der Waals surface area contributed by atoms with E-state index in [4.69, 9.17) is 4.74 Å². The molecule has 2 aliphatic heterocycles. The zero-order valence-corrected chi connectivity index (χ0v) is 15.4. The summed E-state index contributed by atoms with van der Waals surface area (Å²) < 4.78 is 7.78. The van der Waals surface area contributed by atoms with Crippen LogP contribution in [0, 0.1) is 0 Å².